The number of benzene rings is 3. The van der Waals surface area contributed by atoms with Crippen LogP contribution in [0.5, 0.6) is 0 Å². The van der Waals surface area contributed by atoms with E-state index in [9.17, 15) is 13.2 Å². The van der Waals surface area contributed by atoms with Crippen LogP contribution in [0.1, 0.15) is 27.0 Å². The van der Waals surface area contributed by atoms with Crippen molar-refractivity contribution >= 4 is 33.3 Å². The minimum atomic E-state index is -3.75. The smallest absolute Gasteiger partial charge is 0.338 e. The van der Waals surface area contributed by atoms with Gasteiger partial charge in [0.05, 0.1) is 23.3 Å². The second kappa shape index (κ2) is 9.32. The monoisotopic (exact) mass is 470 g/mol. The van der Waals surface area contributed by atoms with E-state index < -0.39 is 10.0 Å². The Labute approximate surface area is 192 Å². The van der Waals surface area contributed by atoms with Gasteiger partial charge in [0.2, 0.25) is 0 Å². The number of anilines is 1. The number of nitrogens with zero attached hydrogens (tertiary/aromatic N) is 1. The first-order chi connectivity index (χ1) is 15.4. The van der Waals surface area contributed by atoms with Crippen LogP contribution in [0, 0.1) is 0 Å². The van der Waals surface area contributed by atoms with Gasteiger partial charge in [-0.15, -0.1) is 0 Å². The van der Waals surface area contributed by atoms with E-state index in [4.69, 9.17) is 16.3 Å². The number of sulfonamides is 1. The maximum atomic E-state index is 12.9. The number of rotatable bonds is 6. The number of nitrogens with one attached hydrogen (secondary N) is 1. The van der Waals surface area contributed by atoms with Gasteiger partial charge in [-0.2, -0.15) is 0 Å². The first-order valence-electron chi connectivity index (χ1n) is 10.1. The van der Waals surface area contributed by atoms with E-state index >= 15 is 0 Å². The molecule has 0 fully saturated rings. The van der Waals surface area contributed by atoms with Crippen LogP contribution in [0.2, 0.25) is 5.02 Å². The number of halogens is 1. The molecule has 8 heteroatoms. The maximum Gasteiger partial charge on any atom is 0.338 e. The average molecular weight is 471 g/mol. The highest BCUT2D eigenvalue weighted by Gasteiger charge is 2.22. The molecule has 166 valence electrons. The van der Waals surface area contributed by atoms with E-state index in [0.29, 0.717) is 29.4 Å². The highest BCUT2D eigenvalue weighted by atomic mass is 35.5. The molecule has 32 heavy (non-hydrogen) atoms. The topological polar surface area (TPSA) is 75.7 Å². The molecule has 0 saturated heterocycles. The molecule has 1 heterocycles. The number of carbonyl (C=O) groups is 1. The van der Waals surface area contributed by atoms with Gasteiger partial charge in [-0.25, -0.2) is 13.2 Å². The SMILES string of the molecule is COC(=O)c1ccccc1CN1CCc2ccc(S(=O)(=O)Nc3cccc(Cl)c3)cc2C1. The summed E-state index contributed by atoms with van der Waals surface area (Å²) in [6.07, 6.45) is 0.803. The van der Waals surface area contributed by atoms with Gasteiger partial charge >= 0.3 is 5.97 Å². The van der Waals surface area contributed by atoms with E-state index in [1.807, 2.05) is 24.3 Å². The highest BCUT2D eigenvalue weighted by molar-refractivity contribution is 7.92. The average Bonchev–Trinajstić information content (AvgIpc) is 2.78. The predicted molar refractivity (Wildman–Crippen MR) is 124 cm³/mol. The summed E-state index contributed by atoms with van der Waals surface area (Å²) >= 11 is 5.97. The predicted octanol–water partition coefficient (Wildman–Crippen LogP) is 4.49. The number of esters is 1. The van der Waals surface area contributed by atoms with Crippen molar-refractivity contribution in [1.29, 1.82) is 0 Å². The Morgan fingerprint density at radius 2 is 1.88 bits per heavy atom. The van der Waals surface area contributed by atoms with E-state index in [0.717, 1.165) is 29.7 Å². The van der Waals surface area contributed by atoms with Crippen LogP contribution in [0.15, 0.2) is 71.6 Å². The van der Waals surface area contributed by atoms with Crippen LogP contribution in [-0.2, 0) is 34.3 Å². The molecule has 0 bridgehead atoms. The fourth-order valence-electron chi connectivity index (χ4n) is 3.87. The molecule has 0 aliphatic carbocycles. The summed E-state index contributed by atoms with van der Waals surface area (Å²) in [5.74, 6) is -0.363. The Morgan fingerprint density at radius 3 is 2.66 bits per heavy atom. The second-order valence-corrected chi connectivity index (χ2v) is 9.77. The number of carbonyl (C=O) groups excluding carboxylic acids is 1. The van der Waals surface area contributed by atoms with Crippen molar-refractivity contribution in [1.82, 2.24) is 4.90 Å². The number of fused-ring (bicyclic) bond motifs is 1. The minimum absolute atomic E-state index is 0.202. The van der Waals surface area contributed by atoms with Crippen LogP contribution in [-0.4, -0.2) is 32.9 Å². The first-order valence-corrected chi connectivity index (χ1v) is 12.0. The molecule has 0 saturated carbocycles. The molecule has 0 atom stereocenters. The Balaban J connectivity index is 1.54. The third kappa shape index (κ3) is 4.96. The van der Waals surface area contributed by atoms with Gasteiger partial charge in [-0.05, 0) is 59.5 Å². The van der Waals surface area contributed by atoms with Crippen LogP contribution in [0.3, 0.4) is 0 Å². The zero-order valence-electron chi connectivity index (χ0n) is 17.5. The normalized spacial score (nSPS) is 13.9. The molecule has 0 spiro atoms. The van der Waals surface area contributed by atoms with Crippen molar-refractivity contribution in [3.05, 3.63) is 94.0 Å². The molecule has 1 aliphatic rings. The summed E-state index contributed by atoms with van der Waals surface area (Å²) in [7, 11) is -2.38. The number of hydrogen-bond donors (Lipinski definition) is 1. The molecule has 0 unspecified atom stereocenters. The molecule has 0 aromatic heterocycles. The summed E-state index contributed by atoms with van der Waals surface area (Å²) < 4.78 is 33.3. The Kier molecular flexibility index (Phi) is 6.50. The van der Waals surface area contributed by atoms with Crippen molar-refractivity contribution in [2.75, 3.05) is 18.4 Å². The number of ether oxygens (including phenoxy) is 1. The molecule has 1 aliphatic heterocycles. The van der Waals surface area contributed by atoms with Crippen LogP contribution < -0.4 is 4.72 Å². The lowest BCUT2D eigenvalue weighted by atomic mass is 9.98. The quantitative estimate of drug-likeness (QED) is 0.537. The van der Waals surface area contributed by atoms with Gasteiger partial charge < -0.3 is 4.74 Å². The van der Waals surface area contributed by atoms with Crippen LogP contribution in [0.4, 0.5) is 5.69 Å². The van der Waals surface area contributed by atoms with Crippen molar-refractivity contribution in [3.8, 4) is 0 Å². The standard InChI is InChI=1S/C24H23ClN2O4S/c1-31-24(28)23-8-3-2-5-18(23)15-27-12-11-17-9-10-22(13-19(17)16-27)32(29,30)26-21-7-4-6-20(25)14-21/h2-10,13-14,26H,11-12,15-16H2,1H3. The molecule has 4 rings (SSSR count). The van der Waals surface area contributed by atoms with Crippen LogP contribution >= 0.6 is 11.6 Å². The number of hydrogen-bond acceptors (Lipinski definition) is 5. The molecule has 3 aromatic carbocycles. The largest absolute Gasteiger partial charge is 0.465 e. The lowest BCUT2D eigenvalue weighted by Gasteiger charge is -2.29. The molecule has 0 amide bonds. The minimum Gasteiger partial charge on any atom is -0.465 e. The Morgan fingerprint density at radius 1 is 1.06 bits per heavy atom. The van der Waals surface area contributed by atoms with Crippen molar-refractivity contribution in [3.63, 3.8) is 0 Å². The lowest BCUT2D eigenvalue weighted by molar-refractivity contribution is 0.0598. The summed E-state index contributed by atoms with van der Waals surface area (Å²) in [6, 6.07) is 19.2. The molecule has 1 N–H and O–H groups in total. The van der Waals surface area contributed by atoms with E-state index in [1.165, 1.54) is 7.11 Å². The number of methoxy groups -OCH3 is 1. The van der Waals surface area contributed by atoms with E-state index in [-0.39, 0.29) is 10.9 Å². The molecular weight excluding hydrogens is 448 g/mol. The summed E-state index contributed by atoms with van der Waals surface area (Å²) in [5, 5.41) is 0.457. The van der Waals surface area contributed by atoms with Gasteiger partial charge in [0, 0.05) is 24.7 Å². The maximum absolute atomic E-state index is 12.9. The summed E-state index contributed by atoms with van der Waals surface area (Å²) in [4.78, 5) is 14.5. The fraction of sp³-hybridized carbons (Fsp3) is 0.208. The summed E-state index contributed by atoms with van der Waals surface area (Å²) in [6.45, 7) is 1.98. The van der Waals surface area contributed by atoms with Crippen molar-refractivity contribution in [2.24, 2.45) is 0 Å². The van der Waals surface area contributed by atoms with E-state index in [2.05, 4.69) is 9.62 Å². The summed E-state index contributed by atoms with van der Waals surface area (Å²) in [5.41, 5.74) is 3.93. The van der Waals surface area contributed by atoms with Gasteiger partial charge in [0.15, 0.2) is 0 Å². The third-order valence-electron chi connectivity index (χ3n) is 5.47. The van der Waals surface area contributed by atoms with Crippen molar-refractivity contribution < 1.29 is 17.9 Å². The van der Waals surface area contributed by atoms with Gasteiger partial charge in [-0.1, -0.05) is 41.9 Å². The van der Waals surface area contributed by atoms with Crippen LogP contribution in [0.25, 0.3) is 0 Å². The van der Waals surface area contributed by atoms with Gasteiger partial charge in [0.25, 0.3) is 10.0 Å². The zero-order chi connectivity index (χ0) is 22.7. The Bertz CT molecular complexity index is 1260. The Hall–Kier alpha value is -2.87. The molecular formula is C24H23ClN2O4S. The first kappa shape index (κ1) is 22.3. The lowest BCUT2D eigenvalue weighted by Crippen LogP contribution is -2.31. The zero-order valence-corrected chi connectivity index (χ0v) is 19.1. The fourth-order valence-corrected chi connectivity index (χ4v) is 5.16. The second-order valence-electron chi connectivity index (χ2n) is 7.66. The van der Waals surface area contributed by atoms with Gasteiger partial charge in [-0.3, -0.25) is 9.62 Å². The van der Waals surface area contributed by atoms with Crippen molar-refractivity contribution in [2.45, 2.75) is 24.4 Å². The third-order valence-corrected chi connectivity index (χ3v) is 7.09. The van der Waals surface area contributed by atoms with Gasteiger partial charge in [0.1, 0.15) is 0 Å². The molecule has 3 aromatic rings. The molecule has 6 nitrogen and oxygen atoms in total. The highest BCUT2D eigenvalue weighted by Crippen LogP contribution is 2.26. The van der Waals surface area contributed by atoms with E-state index in [1.54, 1.807) is 42.5 Å². The molecule has 0 radical (unpaired) electrons.